The van der Waals surface area contributed by atoms with Crippen molar-refractivity contribution >= 4 is 5.91 Å². The van der Waals surface area contributed by atoms with Crippen LogP contribution in [0.25, 0.3) is 0 Å². The Morgan fingerprint density at radius 3 is 2.68 bits per heavy atom. The van der Waals surface area contributed by atoms with E-state index in [1.807, 2.05) is 6.92 Å². The Morgan fingerprint density at radius 1 is 1.47 bits per heavy atom. The maximum Gasteiger partial charge on any atom is 0.237 e. The molecule has 1 aliphatic carbocycles. The molecule has 2 rings (SSSR count). The van der Waals surface area contributed by atoms with Gasteiger partial charge in [-0.05, 0) is 65.3 Å². The Bertz CT molecular complexity index is 331. The summed E-state index contributed by atoms with van der Waals surface area (Å²) >= 11 is 0. The first-order chi connectivity index (χ1) is 8.90. The first kappa shape index (κ1) is 14.8. The van der Waals surface area contributed by atoms with Crippen molar-refractivity contribution in [1.29, 1.82) is 0 Å². The molecule has 0 radical (unpaired) electrons. The standard InChI is InChI=1S/C15H29N3O/c1-11(2)17-15(3,14(16)19)7-4-8-18-10-12-5-6-13(18)9-12/h11-13,17H,4-10H2,1-3H3,(H2,16,19). The molecule has 110 valence electrons. The van der Waals surface area contributed by atoms with E-state index in [1.165, 1.54) is 25.8 Å². The minimum atomic E-state index is -0.563. The molecule has 2 fully saturated rings. The van der Waals surface area contributed by atoms with Gasteiger partial charge in [-0.1, -0.05) is 0 Å². The number of hydrogen-bond acceptors (Lipinski definition) is 3. The topological polar surface area (TPSA) is 58.4 Å². The summed E-state index contributed by atoms with van der Waals surface area (Å²) in [5, 5.41) is 3.32. The molecule has 0 aromatic carbocycles. The predicted molar refractivity (Wildman–Crippen MR) is 77.8 cm³/mol. The van der Waals surface area contributed by atoms with Gasteiger partial charge in [0, 0.05) is 18.6 Å². The molecule has 1 aliphatic heterocycles. The lowest BCUT2D eigenvalue weighted by molar-refractivity contribution is -0.124. The van der Waals surface area contributed by atoms with Crippen LogP contribution in [-0.2, 0) is 4.79 Å². The van der Waals surface area contributed by atoms with Gasteiger partial charge in [0.05, 0.1) is 5.54 Å². The van der Waals surface area contributed by atoms with E-state index in [1.54, 1.807) is 0 Å². The van der Waals surface area contributed by atoms with Crippen LogP contribution < -0.4 is 11.1 Å². The lowest BCUT2D eigenvalue weighted by Gasteiger charge is -2.32. The Hall–Kier alpha value is -0.610. The molecule has 4 heteroatoms. The van der Waals surface area contributed by atoms with Crippen molar-refractivity contribution in [2.75, 3.05) is 13.1 Å². The number of amides is 1. The molecule has 19 heavy (non-hydrogen) atoms. The smallest absolute Gasteiger partial charge is 0.237 e. The quantitative estimate of drug-likeness (QED) is 0.735. The van der Waals surface area contributed by atoms with Crippen molar-refractivity contribution in [3.63, 3.8) is 0 Å². The summed E-state index contributed by atoms with van der Waals surface area (Å²) in [6.45, 7) is 8.44. The number of nitrogens with one attached hydrogen (secondary N) is 1. The molecule has 1 saturated heterocycles. The highest BCUT2D eigenvalue weighted by molar-refractivity contribution is 5.84. The molecule has 2 aliphatic rings. The number of carbonyl (C=O) groups is 1. The minimum Gasteiger partial charge on any atom is -0.368 e. The van der Waals surface area contributed by atoms with Crippen molar-refractivity contribution in [2.24, 2.45) is 11.7 Å². The van der Waals surface area contributed by atoms with E-state index in [-0.39, 0.29) is 11.9 Å². The van der Waals surface area contributed by atoms with Crippen LogP contribution in [0, 0.1) is 5.92 Å². The Labute approximate surface area is 117 Å². The van der Waals surface area contributed by atoms with Crippen molar-refractivity contribution in [1.82, 2.24) is 10.2 Å². The molecule has 3 unspecified atom stereocenters. The van der Waals surface area contributed by atoms with E-state index in [0.717, 1.165) is 31.3 Å². The lowest BCUT2D eigenvalue weighted by atomic mass is 9.93. The number of nitrogens with two attached hydrogens (primary N) is 1. The summed E-state index contributed by atoms with van der Waals surface area (Å²) in [4.78, 5) is 14.3. The summed E-state index contributed by atoms with van der Waals surface area (Å²) in [7, 11) is 0. The monoisotopic (exact) mass is 267 g/mol. The molecule has 1 amide bonds. The molecular formula is C15H29N3O. The van der Waals surface area contributed by atoms with Crippen LogP contribution >= 0.6 is 0 Å². The number of piperidine rings is 1. The van der Waals surface area contributed by atoms with Crippen LogP contribution in [0.3, 0.4) is 0 Å². The van der Waals surface area contributed by atoms with Gasteiger partial charge < -0.3 is 16.0 Å². The molecule has 0 spiro atoms. The van der Waals surface area contributed by atoms with Crippen LogP contribution in [-0.4, -0.2) is 41.5 Å². The fraction of sp³-hybridized carbons (Fsp3) is 0.933. The number of nitrogens with zero attached hydrogens (tertiary/aromatic N) is 1. The normalized spacial score (nSPS) is 29.9. The van der Waals surface area contributed by atoms with Gasteiger partial charge in [-0.15, -0.1) is 0 Å². The van der Waals surface area contributed by atoms with Crippen molar-refractivity contribution in [3.8, 4) is 0 Å². The van der Waals surface area contributed by atoms with E-state index < -0.39 is 5.54 Å². The van der Waals surface area contributed by atoms with E-state index in [0.29, 0.717) is 0 Å². The van der Waals surface area contributed by atoms with Gasteiger partial charge >= 0.3 is 0 Å². The summed E-state index contributed by atoms with van der Waals surface area (Å²) < 4.78 is 0. The lowest BCUT2D eigenvalue weighted by Crippen LogP contribution is -2.55. The van der Waals surface area contributed by atoms with E-state index in [9.17, 15) is 4.79 Å². The summed E-state index contributed by atoms with van der Waals surface area (Å²) in [6, 6.07) is 1.10. The number of rotatable bonds is 7. The maximum atomic E-state index is 11.7. The number of carbonyl (C=O) groups excluding carboxylic acids is 1. The van der Waals surface area contributed by atoms with Gasteiger partial charge in [0.2, 0.25) is 5.91 Å². The molecule has 4 nitrogen and oxygen atoms in total. The van der Waals surface area contributed by atoms with E-state index in [2.05, 4.69) is 24.1 Å². The molecular weight excluding hydrogens is 238 g/mol. The van der Waals surface area contributed by atoms with Gasteiger partial charge in [-0.3, -0.25) is 4.79 Å². The highest BCUT2D eigenvalue weighted by Gasteiger charge is 2.38. The minimum absolute atomic E-state index is 0.232. The Morgan fingerprint density at radius 2 is 2.21 bits per heavy atom. The third kappa shape index (κ3) is 3.48. The second-order valence-corrected chi connectivity index (χ2v) is 6.93. The fourth-order valence-electron chi connectivity index (χ4n) is 3.84. The average molecular weight is 267 g/mol. The SMILES string of the molecule is CC(C)NC(C)(CCCN1CC2CCC1C2)C(N)=O. The fourth-order valence-corrected chi connectivity index (χ4v) is 3.84. The average Bonchev–Trinajstić information content (AvgIpc) is 2.89. The van der Waals surface area contributed by atoms with Crippen molar-refractivity contribution in [2.45, 2.75) is 70.5 Å². The summed E-state index contributed by atoms with van der Waals surface area (Å²) in [5.41, 5.74) is 5.00. The van der Waals surface area contributed by atoms with Crippen LogP contribution in [0.1, 0.15) is 52.9 Å². The molecule has 2 bridgehead atoms. The summed E-state index contributed by atoms with van der Waals surface area (Å²) in [5.74, 6) is 0.713. The first-order valence-corrected chi connectivity index (χ1v) is 7.72. The highest BCUT2D eigenvalue weighted by Crippen LogP contribution is 2.37. The molecule has 3 atom stereocenters. The molecule has 1 heterocycles. The Kier molecular flexibility index (Phi) is 4.51. The van der Waals surface area contributed by atoms with Crippen molar-refractivity contribution < 1.29 is 4.79 Å². The van der Waals surface area contributed by atoms with Gasteiger partial charge in [0.25, 0.3) is 0 Å². The van der Waals surface area contributed by atoms with Crippen LogP contribution in [0.15, 0.2) is 0 Å². The predicted octanol–water partition coefficient (Wildman–Crippen LogP) is 1.49. The zero-order valence-corrected chi connectivity index (χ0v) is 12.6. The first-order valence-electron chi connectivity index (χ1n) is 7.72. The molecule has 0 aromatic rings. The van der Waals surface area contributed by atoms with Gasteiger partial charge in [-0.25, -0.2) is 0 Å². The third-order valence-electron chi connectivity index (χ3n) is 4.80. The van der Waals surface area contributed by atoms with Crippen LogP contribution in [0.5, 0.6) is 0 Å². The van der Waals surface area contributed by atoms with Crippen LogP contribution in [0.2, 0.25) is 0 Å². The second kappa shape index (κ2) is 5.80. The largest absolute Gasteiger partial charge is 0.368 e. The molecule has 0 aromatic heterocycles. The molecule has 3 N–H and O–H groups in total. The molecule has 1 saturated carbocycles. The zero-order valence-electron chi connectivity index (χ0n) is 12.6. The van der Waals surface area contributed by atoms with E-state index >= 15 is 0 Å². The third-order valence-corrected chi connectivity index (χ3v) is 4.80. The van der Waals surface area contributed by atoms with Crippen molar-refractivity contribution in [3.05, 3.63) is 0 Å². The van der Waals surface area contributed by atoms with Gasteiger partial charge in [0.1, 0.15) is 0 Å². The number of fused-ring (bicyclic) bond motifs is 2. The highest BCUT2D eigenvalue weighted by atomic mass is 16.1. The van der Waals surface area contributed by atoms with Gasteiger partial charge in [-0.2, -0.15) is 0 Å². The zero-order chi connectivity index (χ0) is 14.0. The number of likely N-dealkylation sites (tertiary alicyclic amines) is 1. The van der Waals surface area contributed by atoms with Crippen LogP contribution in [0.4, 0.5) is 0 Å². The Balaban J connectivity index is 1.78. The maximum absolute atomic E-state index is 11.7. The number of hydrogen-bond donors (Lipinski definition) is 2. The van der Waals surface area contributed by atoms with Gasteiger partial charge in [0.15, 0.2) is 0 Å². The number of primary amides is 1. The van der Waals surface area contributed by atoms with E-state index in [4.69, 9.17) is 5.73 Å². The second-order valence-electron chi connectivity index (χ2n) is 6.93. The summed E-state index contributed by atoms with van der Waals surface area (Å²) in [6.07, 6.45) is 6.07.